The van der Waals surface area contributed by atoms with Crippen LogP contribution in [-0.4, -0.2) is 10.7 Å². The van der Waals surface area contributed by atoms with E-state index in [1.54, 1.807) is 12.1 Å². The van der Waals surface area contributed by atoms with Crippen molar-refractivity contribution in [1.82, 2.24) is 0 Å². The van der Waals surface area contributed by atoms with Gasteiger partial charge in [0.25, 0.3) is 0 Å². The Balaban J connectivity index is 2.44. The lowest BCUT2D eigenvalue weighted by Crippen LogP contribution is -1.98. The molecule has 0 heterocycles. The Kier molecular flexibility index (Phi) is 3.79. The second-order valence-corrected chi connectivity index (χ2v) is 4.36. The van der Waals surface area contributed by atoms with Crippen LogP contribution in [0.2, 0.25) is 0 Å². The number of nitrogens with zero attached hydrogens (tertiary/aromatic N) is 1. The molecule has 102 valence electrons. The highest BCUT2D eigenvalue weighted by atomic mass is 16.6. The maximum atomic E-state index is 11.3. The van der Waals surface area contributed by atoms with E-state index in [2.05, 4.69) is 0 Å². The topological polar surface area (TPSA) is 69.4 Å². The number of ketones is 1. The van der Waals surface area contributed by atoms with Crippen LogP contribution in [-0.2, 0) is 0 Å². The molecule has 0 fully saturated rings. The van der Waals surface area contributed by atoms with Crippen LogP contribution >= 0.6 is 0 Å². The van der Waals surface area contributed by atoms with Crippen LogP contribution in [0.15, 0.2) is 42.5 Å². The lowest BCUT2D eigenvalue weighted by molar-refractivity contribution is -0.385. The Labute approximate surface area is 116 Å². The Morgan fingerprint density at radius 2 is 1.85 bits per heavy atom. The fourth-order valence-corrected chi connectivity index (χ4v) is 1.75. The van der Waals surface area contributed by atoms with Gasteiger partial charge in [0.15, 0.2) is 5.78 Å². The number of rotatable bonds is 4. The van der Waals surface area contributed by atoms with Crippen LogP contribution in [0.4, 0.5) is 5.69 Å². The van der Waals surface area contributed by atoms with Gasteiger partial charge in [-0.15, -0.1) is 0 Å². The van der Waals surface area contributed by atoms with Crippen LogP contribution in [0.3, 0.4) is 0 Å². The summed E-state index contributed by atoms with van der Waals surface area (Å²) in [5.41, 5.74) is 0.937. The second-order valence-electron chi connectivity index (χ2n) is 4.36. The number of nitro benzene ring substituents is 1. The van der Waals surface area contributed by atoms with Gasteiger partial charge in [0.2, 0.25) is 5.75 Å². The third kappa shape index (κ3) is 2.83. The van der Waals surface area contributed by atoms with E-state index in [-0.39, 0.29) is 22.8 Å². The van der Waals surface area contributed by atoms with Gasteiger partial charge in [-0.25, -0.2) is 0 Å². The number of aryl methyl sites for hydroxylation is 1. The summed E-state index contributed by atoms with van der Waals surface area (Å²) in [5.74, 6) is 0.441. The Morgan fingerprint density at radius 3 is 2.45 bits per heavy atom. The zero-order valence-corrected chi connectivity index (χ0v) is 11.1. The van der Waals surface area contributed by atoms with Crippen molar-refractivity contribution in [3.05, 3.63) is 63.7 Å². The number of nitro groups is 1. The highest BCUT2D eigenvalue weighted by molar-refractivity contribution is 5.95. The molecule has 0 atom stereocenters. The van der Waals surface area contributed by atoms with Crippen molar-refractivity contribution >= 4 is 11.5 Å². The van der Waals surface area contributed by atoms with Gasteiger partial charge in [-0.1, -0.05) is 18.2 Å². The second kappa shape index (κ2) is 5.52. The van der Waals surface area contributed by atoms with Crippen molar-refractivity contribution in [2.45, 2.75) is 13.8 Å². The number of benzene rings is 2. The number of hydrogen-bond donors (Lipinski definition) is 0. The minimum Gasteiger partial charge on any atom is -0.450 e. The maximum Gasteiger partial charge on any atom is 0.312 e. The summed E-state index contributed by atoms with van der Waals surface area (Å²) in [5, 5.41) is 11.1. The molecule has 0 aliphatic carbocycles. The highest BCUT2D eigenvalue weighted by Crippen LogP contribution is 2.33. The molecule has 0 aliphatic heterocycles. The molecule has 0 amide bonds. The van der Waals surface area contributed by atoms with E-state index in [0.29, 0.717) is 5.75 Å². The standard InChI is InChI=1S/C15H13NO4/c1-10-5-3-4-6-14(10)20-15-8-7-12(11(2)17)9-13(15)16(18)19/h3-9H,1-2H3. The zero-order valence-electron chi connectivity index (χ0n) is 11.1. The molecule has 0 saturated heterocycles. The van der Waals surface area contributed by atoms with E-state index in [4.69, 9.17) is 4.74 Å². The molecular weight excluding hydrogens is 258 g/mol. The van der Waals surface area contributed by atoms with Gasteiger partial charge >= 0.3 is 5.69 Å². The number of ether oxygens (including phenoxy) is 1. The van der Waals surface area contributed by atoms with Crippen LogP contribution in [0, 0.1) is 17.0 Å². The lowest BCUT2D eigenvalue weighted by Gasteiger charge is -2.09. The first-order valence-electron chi connectivity index (χ1n) is 6.02. The van der Waals surface area contributed by atoms with Gasteiger partial charge in [-0.3, -0.25) is 14.9 Å². The van der Waals surface area contributed by atoms with Gasteiger partial charge in [0, 0.05) is 11.6 Å². The molecule has 0 spiro atoms. The minimum absolute atomic E-state index is 0.120. The Hall–Kier alpha value is -2.69. The summed E-state index contributed by atoms with van der Waals surface area (Å²) in [6, 6.07) is 11.4. The fourth-order valence-electron chi connectivity index (χ4n) is 1.75. The molecule has 0 unspecified atom stereocenters. The van der Waals surface area contributed by atoms with Crippen LogP contribution in [0.5, 0.6) is 11.5 Å². The smallest absolute Gasteiger partial charge is 0.312 e. The van der Waals surface area contributed by atoms with Crippen LogP contribution in [0.25, 0.3) is 0 Å². The largest absolute Gasteiger partial charge is 0.450 e. The summed E-state index contributed by atoms with van der Waals surface area (Å²) in [6.07, 6.45) is 0. The first-order chi connectivity index (χ1) is 9.49. The van der Waals surface area contributed by atoms with E-state index in [0.717, 1.165) is 5.56 Å². The normalized spacial score (nSPS) is 10.1. The van der Waals surface area contributed by atoms with Gasteiger partial charge in [-0.2, -0.15) is 0 Å². The summed E-state index contributed by atoms with van der Waals surface area (Å²) in [7, 11) is 0. The molecule has 20 heavy (non-hydrogen) atoms. The molecule has 2 aromatic carbocycles. The van der Waals surface area contributed by atoms with E-state index in [1.807, 2.05) is 19.1 Å². The fraction of sp³-hybridized carbons (Fsp3) is 0.133. The van der Waals surface area contributed by atoms with Crippen LogP contribution in [0.1, 0.15) is 22.8 Å². The van der Waals surface area contributed by atoms with Crippen LogP contribution < -0.4 is 4.74 Å². The van der Waals surface area contributed by atoms with Crippen molar-refractivity contribution in [2.75, 3.05) is 0 Å². The van der Waals surface area contributed by atoms with E-state index in [1.165, 1.54) is 25.1 Å². The van der Waals surface area contributed by atoms with Crippen molar-refractivity contribution < 1.29 is 14.5 Å². The molecule has 0 bridgehead atoms. The summed E-state index contributed by atoms with van der Waals surface area (Å²) in [4.78, 5) is 21.8. The summed E-state index contributed by atoms with van der Waals surface area (Å²) >= 11 is 0. The number of para-hydroxylation sites is 1. The first-order valence-corrected chi connectivity index (χ1v) is 6.02. The number of Topliss-reactive ketones (excluding diaryl/α,β-unsaturated/α-hetero) is 1. The number of carbonyl (C=O) groups is 1. The highest BCUT2D eigenvalue weighted by Gasteiger charge is 2.18. The maximum absolute atomic E-state index is 11.3. The van der Waals surface area contributed by atoms with E-state index < -0.39 is 4.92 Å². The van der Waals surface area contributed by atoms with E-state index >= 15 is 0 Å². The summed E-state index contributed by atoms with van der Waals surface area (Å²) < 4.78 is 5.58. The van der Waals surface area contributed by atoms with Gasteiger partial charge in [0.1, 0.15) is 5.75 Å². The molecule has 0 saturated carbocycles. The van der Waals surface area contributed by atoms with E-state index in [9.17, 15) is 14.9 Å². The van der Waals surface area contributed by atoms with Crippen molar-refractivity contribution in [3.63, 3.8) is 0 Å². The molecule has 0 aliphatic rings. The Morgan fingerprint density at radius 1 is 1.15 bits per heavy atom. The predicted molar refractivity (Wildman–Crippen MR) is 74.4 cm³/mol. The van der Waals surface area contributed by atoms with Gasteiger partial charge in [0.05, 0.1) is 4.92 Å². The number of hydrogen-bond acceptors (Lipinski definition) is 4. The molecule has 2 rings (SSSR count). The molecule has 0 radical (unpaired) electrons. The average molecular weight is 271 g/mol. The average Bonchev–Trinajstić information content (AvgIpc) is 2.41. The number of carbonyl (C=O) groups excluding carboxylic acids is 1. The van der Waals surface area contributed by atoms with Crippen molar-refractivity contribution in [2.24, 2.45) is 0 Å². The molecular formula is C15H13NO4. The minimum atomic E-state index is -0.556. The molecule has 0 aromatic heterocycles. The summed E-state index contributed by atoms with van der Waals surface area (Å²) in [6.45, 7) is 3.21. The SMILES string of the molecule is CC(=O)c1ccc(Oc2ccccc2C)c([N+](=O)[O-])c1. The monoisotopic (exact) mass is 271 g/mol. The van der Waals surface area contributed by atoms with Crippen molar-refractivity contribution in [1.29, 1.82) is 0 Å². The molecule has 5 nitrogen and oxygen atoms in total. The Bertz CT molecular complexity index is 679. The first kappa shape index (κ1) is 13.7. The molecule has 5 heteroatoms. The molecule has 0 N–H and O–H groups in total. The van der Waals surface area contributed by atoms with Gasteiger partial charge < -0.3 is 4.74 Å². The lowest BCUT2D eigenvalue weighted by atomic mass is 10.1. The zero-order chi connectivity index (χ0) is 14.7. The third-order valence-corrected chi connectivity index (χ3v) is 2.88. The van der Waals surface area contributed by atoms with Crippen molar-refractivity contribution in [3.8, 4) is 11.5 Å². The van der Waals surface area contributed by atoms with Gasteiger partial charge in [-0.05, 0) is 37.6 Å². The quantitative estimate of drug-likeness (QED) is 0.480. The molecule has 2 aromatic rings. The predicted octanol–water partition coefficient (Wildman–Crippen LogP) is 3.90. The third-order valence-electron chi connectivity index (χ3n) is 2.88.